The molecule has 2 fully saturated rings. The molecule has 1 amide bonds. The third kappa shape index (κ3) is 3.73. The molecule has 0 radical (unpaired) electrons. The Morgan fingerprint density at radius 2 is 1.96 bits per heavy atom. The fraction of sp³-hybridized carbons (Fsp3) is 0.632. The minimum absolute atomic E-state index is 0.0571. The van der Waals surface area contributed by atoms with Gasteiger partial charge in [0.1, 0.15) is 5.75 Å². The van der Waals surface area contributed by atoms with Crippen LogP contribution in [0, 0.1) is 0 Å². The van der Waals surface area contributed by atoms with Gasteiger partial charge in [-0.15, -0.1) is 0 Å². The molecule has 0 aromatic heterocycles. The summed E-state index contributed by atoms with van der Waals surface area (Å²) < 4.78 is 6.00. The van der Waals surface area contributed by atoms with Crippen LogP contribution in [0.5, 0.6) is 5.75 Å². The molecule has 1 N–H and O–H groups in total. The molecule has 0 bridgehead atoms. The van der Waals surface area contributed by atoms with E-state index in [4.69, 9.17) is 4.74 Å². The van der Waals surface area contributed by atoms with Crippen molar-refractivity contribution < 1.29 is 14.6 Å². The molecule has 1 atom stereocenters. The normalized spacial score (nSPS) is 20.5. The summed E-state index contributed by atoms with van der Waals surface area (Å²) in [7, 11) is 0. The van der Waals surface area contributed by atoms with Gasteiger partial charge in [-0.2, -0.15) is 0 Å². The molecular formula is C19H28N2O3. The van der Waals surface area contributed by atoms with Crippen molar-refractivity contribution in [1.82, 2.24) is 9.80 Å². The van der Waals surface area contributed by atoms with Gasteiger partial charge in [-0.3, -0.25) is 9.69 Å². The number of nitrogens with zero attached hydrogens (tertiary/aromatic N) is 2. The molecule has 24 heavy (non-hydrogen) atoms. The van der Waals surface area contributed by atoms with Gasteiger partial charge in [0, 0.05) is 32.2 Å². The summed E-state index contributed by atoms with van der Waals surface area (Å²) in [4.78, 5) is 17.1. The van der Waals surface area contributed by atoms with Crippen LogP contribution in [0.15, 0.2) is 24.3 Å². The number of carbonyl (C=O) groups excluding carboxylic acids is 1. The Kier molecular flexibility index (Phi) is 5.74. The molecule has 1 saturated heterocycles. The first kappa shape index (κ1) is 17.2. The lowest BCUT2D eigenvalue weighted by molar-refractivity contribution is 0.0464. The molecule has 2 aliphatic rings. The van der Waals surface area contributed by atoms with Crippen LogP contribution >= 0.6 is 0 Å². The Morgan fingerprint density at radius 3 is 2.54 bits per heavy atom. The first-order chi connectivity index (χ1) is 11.7. The van der Waals surface area contributed by atoms with Crippen LogP contribution in [0.4, 0.5) is 0 Å². The number of benzene rings is 1. The van der Waals surface area contributed by atoms with Gasteiger partial charge in [0.2, 0.25) is 0 Å². The maximum absolute atomic E-state index is 12.9. The van der Waals surface area contributed by atoms with Crippen molar-refractivity contribution in [3.05, 3.63) is 29.8 Å². The van der Waals surface area contributed by atoms with Crippen molar-refractivity contribution in [3.63, 3.8) is 0 Å². The number of piperazine rings is 1. The zero-order chi connectivity index (χ0) is 16.9. The molecule has 1 aliphatic heterocycles. The quantitative estimate of drug-likeness (QED) is 0.867. The van der Waals surface area contributed by atoms with Crippen LogP contribution in [0.1, 0.15) is 43.0 Å². The summed E-state index contributed by atoms with van der Waals surface area (Å²) in [5.74, 6) is 0.776. The Bertz CT molecular complexity index is 547. The van der Waals surface area contributed by atoms with Crippen LogP contribution in [-0.4, -0.2) is 65.7 Å². The smallest absolute Gasteiger partial charge is 0.257 e. The second-order valence-corrected chi connectivity index (χ2v) is 6.74. The Balaban J connectivity index is 1.63. The van der Waals surface area contributed by atoms with E-state index in [1.54, 1.807) is 0 Å². The number of carbonyl (C=O) groups is 1. The maximum atomic E-state index is 12.9. The first-order valence-electron chi connectivity index (χ1n) is 9.12. The number of rotatable bonds is 6. The summed E-state index contributed by atoms with van der Waals surface area (Å²) in [5, 5.41) is 9.44. The molecule has 5 heteroatoms. The van der Waals surface area contributed by atoms with E-state index in [0.29, 0.717) is 18.7 Å². The van der Waals surface area contributed by atoms with Gasteiger partial charge in [0.05, 0.1) is 18.3 Å². The Labute approximate surface area is 144 Å². The van der Waals surface area contributed by atoms with E-state index in [1.165, 1.54) is 6.42 Å². The largest absolute Gasteiger partial charge is 0.490 e. The third-order valence-corrected chi connectivity index (χ3v) is 5.26. The number of hydrogen-bond acceptors (Lipinski definition) is 4. The molecule has 0 spiro atoms. The molecule has 1 saturated carbocycles. The van der Waals surface area contributed by atoms with E-state index >= 15 is 0 Å². The zero-order valence-electron chi connectivity index (χ0n) is 14.5. The lowest BCUT2D eigenvalue weighted by atomic mass is 9.96. The Morgan fingerprint density at radius 1 is 1.25 bits per heavy atom. The summed E-state index contributed by atoms with van der Waals surface area (Å²) in [5.41, 5.74) is 0.673. The van der Waals surface area contributed by atoms with Crippen LogP contribution in [0.25, 0.3) is 0 Å². The predicted octanol–water partition coefficient (Wildman–Crippen LogP) is 2.15. The molecule has 5 nitrogen and oxygen atoms in total. The van der Waals surface area contributed by atoms with Crippen molar-refractivity contribution >= 4 is 5.91 Å². The van der Waals surface area contributed by atoms with E-state index in [1.807, 2.05) is 29.2 Å². The lowest BCUT2D eigenvalue weighted by Crippen LogP contribution is -2.52. The average molecular weight is 332 g/mol. The average Bonchev–Trinajstić information content (AvgIpc) is 2.59. The highest BCUT2D eigenvalue weighted by atomic mass is 16.5. The highest BCUT2D eigenvalue weighted by molar-refractivity contribution is 5.97. The molecular weight excluding hydrogens is 304 g/mol. The molecule has 1 aromatic rings. The number of ether oxygens (including phenoxy) is 1. The van der Waals surface area contributed by atoms with Crippen molar-refractivity contribution in [1.29, 1.82) is 0 Å². The molecule has 1 aliphatic carbocycles. The topological polar surface area (TPSA) is 53.0 Å². The van der Waals surface area contributed by atoms with Crippen LogP contribution in [-0.2, 0) is 0 Å². The van der Waals surface area contributed by atoms with Gasteiger partial charge in [-0.25, -0.2) is 0 Å². The molecule has 132 valence electrons. The SMILES string of the molecule is CCC(CO)N1CCN(C(=O)c2ccccc2OC2CCC2)CC1. The van der Waals surface area contributed by atoms with E-state index in [2.05, 4.69) is 11.8 Å². The van der Waals surface area contributed by atoms with Crippen LogP contribution in [0.3, 0.4) is 0 Å². The maximum Gasteiger partial charge on any atom is 0.257 e. The van der Waals surface area contributed by atoms with Crippen molar-refractivity contribution in [2.45, 2.75) is 44.8 Å². The monoisotopic (exact) mass is 332 g/mol. The Hall–Kier alpha value is -1.59. The first-order valence-corrected chi connectivity index (χ1v) is 9.12. The van der Waals surface area contributed by atoms with E-state index in [9.17, 15) is 9.90 Å². The summed E-state index contributed by atoms with van der Waals surface area (Å²) in [6.07, 6.45) is 4.58. The summed E-state index contributed by atoms with van der Waals surface area (Å²) in [6, 6.07) is 7.80. The standard InChI is InChI=1S/C19H28N2O3/c1-2-15(14-22)20-10-12-21(13-11-20)19(23)17-8-3-4-9-18(17)24-16-6-5-7-16/h3-4,8-9,15-16,22H,2,5-7,10-14H2,1H3. The summed E-state index contributed by atoms with van der Waals surface area (Å²) >= 11 is 0. The number of amides is 1. The molecule has 1 heterocycles. The van der Waals surface area contributed by atoms with Gasteiger partial charge in [0.15, 0.2) is 0 Å². The van der Waals surface area contributed by atoms with Crippen molar-refractivity contribution in [3.8, 4) is 5.75 Å². The second kappa shape index (κ2) is 7.99. The second-order valence-electron chi connectivity index (χ2n) is 6.74. The zero-order valence-corrected chi connectivity index (χ0v) is 14.5. The predicted molar refractivity (Wildman–Crippen MR) is 93.4 cm³/mol. The highest BCUT2D eigenvalue weighted by Gasteiger charge is 2.28. The number of para-hydroxylation sites is 1. The van der Waals surface area contributed by atoms with Crippen LogP contribution in [0.2, 0.25) is 0 Å². The van der Waals surface area contributed by atoms with Gasteiger partial charge in [-0.05, 0) is 37.8 Å². The third-order valence-electron chi connectivity index (χ3n) is 5.26. The van der Waals surface area contributed by atoms with E-state index in [-0.39, 0.29) is 24.7 Å². The van der Waals surface area contributed by atoms with Gasteiger partial charge in [0.25, 0.3) is 5.91 Å². The number of aliphatic hydroxyl groups is 1. The lowest BCUT2D eigenvalue weighted by Gasteiger charge is -2.38. The molecule has 1 aromatic carbocycles. The minimum atomic E-state index is 0.0571. The minimum Gasteiger partial charge on any atom is -0.490 e. The fourth-order valence-electron chi connectivity index (χ4n) is 3.38. The van der Waals surface area contributed by atoms with Crippen LogP contribution < -0.4 is 4.74 Å². The van der Waals surface area contributed by atoms with E-state index in [0.717, 1.165) is 38.1 Å². The van der Waals surface area contributed by atoms with Gasteiger partial charge >= 0.3 is 0 Å². The fourth-order valence-corrected chi connectivity index (χ4v) is 3.38. The van der Waals surface area contributed by atoms with Gasteiger partial charge < -0.3 is 14.7 Å². The van der Waals surface area contributed by atoms with Gasteiger partial charge in [-0.1, -0.05) is 19.1 Å². The molecule has 1 unspecified atom stereocenters. The summed E-state index contributed by atoms with van der Waals surface area (Å²) in [6.45, 7) is 5.31. The molecule has 3 rings (SSSR count). The number of aliphatic hydroxyl groups excluding tert-OH is 1. The van der Waals surface area contributed by atoms with Crippen molar-refractivity contribution in [2.24, 2.45) is 0 Å². The highest BCUT2D eigenvalue weighted by Crippen LogP contribution is 2.28. The van der Waals surface area contributed by atoms with E-state index < -0.39 is 0 Å². The van der Waals surface area contributed by atoms with Crippen molar-refractivity contribution in [2.75, 3.05) is 32.8 Å². The number of hydrogen-bond donors (Lipinski definition) is 1.